The number of esters is 1. The van der Waals surface area contributed by atoms with E-state index in [2.05, 4.69) is 10.3 Å². The number of hydrogen-bond donors (Lipinski definition) is 1. The van der Waals surface area contributed by atoms with E-state index in [-0.39, 0.29) is 41.9 Å². The summed E-state index contributed by atoms with van der Waals surface area (Å²) < 4.78 is 10.5. The molecule has 0 saturated heterocycles. The molecule has 21 heavy (non-hydrogen) atoms. The first-order valence-corrected chi connectivity index (χ1v) is 7.06. The highest BCUT2D eigenvalue weighted by Gasteiger charge is 2.18. The summed E-state index contributed by atoms with van der Waals surface area (Å²) in [4.78, 5) is 15.7. The first-order chi connectivity index (χ1) is 9.56. The molecule has 0 fully saturated rings. The summed E-state index contributed by atoms with van der Waals surface area (Å²) in [5, 5.41) is 3.38. The first-order valence-electron chi connectivity index (χ1n) is 6.30. The molecule has 0 radical (unpaired) electrons. The molecule has 1 rings (SSSR count). The lowest BCUT2D eigenvalue weighted by Gasteiger charge is -2.15. The van der Waals surface area contributed by atoms with Crippen LogP contribution < -0.4 is 5.32 Å². The summed E-state index contributed by atoms with van der Waals surface area (Å²) in [6.07, 6.45) is 0.902. The highest BCUT2D eigenvalue weighted by Crippen LogP contribution is 2.15. The van der Waals surface area contributed by atoms with Gasteiger partial charge in [-0.15, -0.1) is 12.4 Å². The van der Waals surface area contributed by atoms with E-state index in [4.69, 9.17) is 32.7 Å². The lowest BCUT2D eigenvalue weighted by Crippen LogP contribution is -2.39. The number of nitrogens with one attached hydrogen (secondary N) is 1. The fourth-order valence-corrected chi connectivity index (χ4v) is 1.97. The van der Waals surface area contributed by atoms with Crippen LogP contribution in [0.5, 0.6) is 0 Å². The highest BCUT2D eigenvalue weighted by molar-refractivity contribution is 6.32. The Labute approximate surface area is 140 Å². The zero-order valence-electron chi connectivity index (χ0n) is 11.9. The van der Waals surface area contributed by atoms with Crippen molar-refractivity contribution in [3.05, 3.63) is 28.0 Å². The second-order valence-corrected chi connectivity index (χ2v) is 4.92. The standard InChI is InChI=1S/C13H18Cl2N2O3.ClH/c1-3-4-19-8-10(16-2)13(18)20-7-9-5-11(14)17-12(15)6-9;/h5-6,10,16H,3-4,7-8H2,1-2H3;1H/t10-;/m0./s1. The van der Waals surface area contributed by atoms with E-state index in [9.17, 15) is 4.79 Å². The number of ether oxygens (including phenoxy) is 2. The normalized spacial score (nSPS) is 11.6. The van der Waals surface area contributed by atoms with Crippen LogP contribution in [0, 0.1) is 0 Å². The largest absolute Gasteiger partial charge is 0.460 e. The Morgan fingerprint density at radius 3 is 2.52 bits per heavy atom. The van der Waals surface area contributed by atoms with Crippen LogP contribution in [0.25, 0.3) is 0 Å². The molecule has 1 N–H and O–H groups in total. The van der Waals surface area contributed by atoms with Crippen LogP contribution in [0.2, 0.25) is 10.3 Å². The van der Waals surface area contributed by atoms with E-state index >= 15 is 0 Å². The predicted molar refractivity (Wildman–Crippen MR) is 85.3 cm³/mol. The maximum absolute atomic E-state index is 11.9. The van der Waals surface area contributed by atoms with Crippen molar-refractivity contribution >= 4 is 41.6 Å². The molecule has 0 aliphatic carbocycles. The van der Waals surface area contributed by atoms with Crippen LogP contribution in [-0.4, -0.2) is 37.3 Å². The maximum atomic E-state index is 11.9. The Morgan fingerprint density at radius 1 is 1.38 bits per heavy atom. The van der Waals surface area contributed by atoms with Gasteiger partial charge in [-0.3, -0.25) is 4.79 Å². The van der Waals surface area contributed by atoms with Gasteiger partial charge in [0.1, 0.15) is 23.0 Å². The molecule has 0 spiro atoms. The summed E-state index contributed by atoms with van der Waals surface area (Å²) in [6.45, 7) is 2.98. The molecule has 0 aliphatic rings. The Bertz CT molecular complexity index is 426. The van der Waals surface area contributed by atoms with Crippen LogP contribution in [0.3, 0.4) is 0 Å². The smallest absolute Gasteiger partial charge is 0.325 e. The molecule has 8 heteroatoms. The molecule has 0 bridgehead atoms. The number of aromatic nitrogens is 1. The van der Waals surface area contributed by atoms with Crippen molar-refractivity contribution in [2.24, 2.45) is 0 Å². The van der Waals surface area contributed by atoms with E-state index < -0.39 is 6.04 Å². The second kappa shape index (κ2) is 11.0. The van der Waals surface area contributed by atoms with E-state index in [1.807, 2.05) is 6.92 Å². The summed E-state index contributed by atoms with van der Waals surface area (Å²) >= 11 is 11.5. The van der Waals surface area contributed by atoms with Gasteiger partial charge in [0.25, 0.3) is 0 Å². The van der Waals surface area contributed by atoms with E-state index in [1.165, 1.54) is 0 Å². The Morgan fingerprint density at radius 2 is 2.00 bits per heavy atom. The summed E-state index contributed by atoms with van der Waals surface area (Å²) in [6, 6.07) is 2.71. The highest BCUT2D eigenvalue weighted by atomic mass is 35.5. The van der Waals surface area contributed by atoms with Crippen LogP contribution in [-0.2, 0) is 20.9 Å². The lowest BCUT2D eigenvalue weighted by molar-refractivity contribution is -0.149. The molecule has 0 aromatic carbocycles. The number of carbonyl (C=O) groups excluding carboxylic acids is 1. The summed E-state index contributed by atoms with van der Waals surface area (Å²) in [7, 11) is 1.68. The molecule has 1 aromatic rings. The topological polar surface area (TPSA) is 60.5 Å². The Kier molecular flexibility index (Phi) is 10.7. The van der Waals surface area contributed by atoms with E-state index in [1.54, 1.807) is 19.2 Å². The second-order valence-electron chi connectivity index (χ2n) is 4.14. The van der Waals surface area contributed by atoms with Crippen molar-refractivity contribution in [1.82, 2.24) is 10.3 Å². The number of pyridine rings is 1. The quantitative estimate of drug-likeness (QED) is 0.440. The van der Waals surface area contributed by atoms with Gasteiger partial charge in [-0.2, -0.15) is 0 Å². The van der Waals surface area contributed by atoms with Gasteiger partial charge in [0.15, 0.2) is 0 Å². The molecule has 0 amide bonds. The molecule has 0 unspecified atom stereocenters. The Balaban J connectivity index is 0.00000400. The monoisotopic (exact) mass is 356 g/mol. The Hall–Kier alpha value is -0.590. The van der Waals surface area contributed by atoms with Crippen LogP contribution in [0.4, 0.5) is 0 Å². The van der Waals surface area contributed by atoms with Crippen LogP contribution in [0.15, 0.2) is 12.1 Å². The van der Waals surface area contributed by atoms with Crippen molar-refractivity contribution in [2.75, 3.05) is 20.3 Å². The SMILES string of the molecule is CCCOC[C@H](NC)C(=O)OCc1cc(Cl)nc(Cl)c1.Cl. The molecule has 1 atom stereocenters. The average molecular weight is 358 g/mol. The van der Waals surface area contributed by atoms with Crippen molar-refractivity contribution in [2.45, 2.75) is 26.0 Å². The molecule has 1 heterocycles. The summed E-state index contributed by atoms with van der Waals surface area (Å²) in [5.41, 5.74) is 0.688. The van der Waals surface area contributed by atoms with Crippen molar-refractivity contribution in [3.8, 4) is 0 Å². The molecular weight excluding hydrogens is 339 g/mol. The molecule has 0 aliphatic heterocycles. The van der Waals surface area contributed by atoms with Gasteiger partial charge in [0, 0.05) is 6.61 Å². The number of nitrogens with zero attached hydrogens (tertiary/aromatic N) is 1. The number of rotatable bonds is 8. The number of carbonyl (C=O) groups is 1. The minimum Gasteiger partial charge on any atom is -0.460 e. The van der Waals surface area contributed by atoms with Crippen molar-refractivity contribution in [3.63, 3.8) is 0 Å². The lowest BCUT2D eigenvalue weighted by atomic mass is 10.3. The van der Waals surface area contributed by atoms with Crippen LogP contribution >= 0.6 is 35.6 Å². The molecule has 120 valence electrons. The predicted octanol–water partition coefficient (Wildman–Crippen LogP) is 2.87. The van der Waals surface area contributed by atoms with Crippen molar-refractivity contribution < 1.29 is 14.3 Å². The third-order valence-electron chi connectivity index (χ3n) is 2.47. The average Bonchev–Trinajstić information content (AvgIpc) is 2.40. The molecule has 0 saturated carbocycles. The minimum absolute atomic E-state index is 0. The number of hydrogen-bond acceptors (Lipinski definition) is 5. The molecule has 1 aromatic heterocycles. The fourth-order valence-electron chi connectivity index (χ4n) is 1.47. The van der Waals surface area contributed by atoms with E-state index in [0.29, 0.717) is 12.2 Å². The van der Waals surface area contributed by atoms with Gasteiger partial charge >= 0.3 is 5.97 Å². The van der Waals surface area contributed by atoms with Gasteiger partial charge in [-0.1, -0.05) is 30.1 Å². The fraction of sp³-hybridized carbons (Fsp3) is 0.538. The zero-order valence-corrected chi connectivity index (χ0v) is 14.2. The van der Waals surface area contributed by atoms with Crippen LogP contribution in [0.1, 0.15) is 18.9 Å². The maximum Gasteiger partial charge on any atom is 0.325 e. The van der Waals surface area contributed by atoms with Crippen molar-refractivity contribution in [1.29, 1.82) is 0 Å². The number of likely N-dealkylation sites (N-methyl/N-ethyl adjacent to an activating group) is 1. The van der Waals surface area contributed by atoms with Gasteiger partial charge in [-0.25, -0.2) is 4.98 Å². The third-order valence-corrected chi connectivity index (χ3v) is 2.86. The van der Waals surface area contributed by atoms with Gasteiger partial charge in [0.05, 0.1) is 6.61 Å². The number of halogens is 3. The van der Waals surface area contributed by atoms with Gasteiger partial charge in [-0.05, 0) is 31.2 Å². The third kappa shape index (κ3) is 7.83. The molecular formula is C13H19Cl3N2O3. The zero-order chi connectivity index (χ0) is 15.0. The minimum atomic E-state index is -0.491. The van der Waals surface area contributed by atoms with E-state index in [0.717, 1.165) is 6.42 Å². The molecule has 5 nitrogen and oxygen atoms in total. The first kappa shape index (κ1) is 20.4. The van der Waals surface area contributed by atoms with Gasteiger partial charge in [0.2, 0.25) is 0 Å². The van der Waals surface area contributed by atoms with Gasteiger partial charge < -0.3 is 14.8 Å². The summed E-state index contributed by atoms with van der Waals surface area (Å²) in [5.74, 6) is -0.382.